The van der Waals surface area contributed by atoms with Crippen molar-refractivity contribution in [3.8, 4) is 0 Å². The maximum atomic E-state index is 11.2. The van der Waals surface area contributed by atoms with Gasteiger partial charge in [-0.05, 0) is 32.4 Å². The maximum Gasteiger partial charge on any atom is 0.184 e. The number of nitrogens with zero attached hydrogens (tertiary/aromatic N) is 1. The zero-order valence-electron chi connectivity index (χ0n) is 22.8. The predicted molar refractivity (Wildman–Crippen MR) is 147 cm³/mol. The molecule has 2 fully saturated rings. The summed E-state index contributed by atoms with van der Waals surface area (Å²) in [5.41, 5.74) is 7.59. The zero-order valence-corrected chi connectivity index (χ0v) is 22.8. The minimum atomic E-state index is -1.10. The summed E-state index contributed by atoms with van der Waals surface area (Å²) in [5, 5.41) is 33.2. The van der Waals surface area contributed by atoms with Crippen LogP contribution in [0.5, 0.6) is 0 Å². The highest BCUT2D eigenvalue weighted by atomic mass is 16.7. The molecule has 0 aromatic heterocycles. The fourth-order valence-corrected chi connectivity index (χ4v) is 5.19. The second-order valence-corrected chi connectivity index (χ2v) is 10.5. The van der Waals surface area contributed by atoms with Gasteiger partial charge < -0.3 is 40.0 Å². The molecule has 8 atom stereocenters. The van der Waals surface area contributed by atoms with Gasteiger partial charge >= 0.3 is 0 Å². The molecule has 5 N–H and O–H groups in total. The molecule has 2 aromatic rings. The van der Waals surface area contributed by atoms with Gasteiger partial charge in [-0.1, -0.05) is 67.6 Å². The van der Waals surface area contributed by atoms with Crippen LogP contribution >= 0.6 is 0 Å². The van der Waals surface area contributed by atoms with Gasteiger partial charge in [0.1, 0.15) is 6.10 Å². The summed E-state index contributed by atoms with van der Waals surface area (Å²) in [6.07, 6.45) is -2.76. The average molecular weight is 545 g/mol. The second-order valence-electron chi connectivity index (χ2n) is 10.5. The third-order valence-corrected chi connectivity index (χ3v) is 7.62. The number of nitrogens with two attached hydrogens (primary N) is 1. The number of hydrogen-bond acceptors (Lipinski definition) is 9. The quantitative estimate of drug-likeness (QED) is 0.301. The lowest BCUT2D eigenvalue weighted by Gasteiger charge is -2.38. The molecule has 9 heteroatoms. The molecule has 0 amide bonds. The minimum Gasteiger partial charge on any atom is -0.391 e. The minimum absolute atomic E-state index is 0.159. The summed E-state index contributed by atoms with van der Waals surface area (Å²) in [7, 11) is 0. The first-order valence-electron chi connectivity index (χ1n) is 14.1. The van der Waals surface area contributed by atoms with Crippen LogP contribution in [0.2, 0.25) is 0 Å². The number of benzene rings is 2. The lowest BCUT2D eigenvalue weighted by Crippen LogP contribution is -2.50. The van der Waals surface area contributed by atoms with E-state index in [0.717, 1.165) is 11.1 Å². The van der Waals surface area contributed by atoms with E-state index in [2.05, 4.69) is 0 Å². The van der Waals surface area contributed by atoms with Crippen LogP contribution < -0.4 is 5.73 Å². The smallest absolute Gasteiger partial charge is 0.184 e. The van der Waals surface area contributed by atoms with Gasteiger partial charge in [-0.3, -0.25) is 4.90 Å². The van der Waals surface area contributed by atoms with Crippen LogP contribution in [0.25, 0.3) is 0 Å². The predicted octanol–water partition coefficient (Wildman–Crippen LogP) is 2.36. The molecule has 0 spiro atoms. The fraction of sp³-hybridized carbons (Fsp3) is 0.600. The van der Waals surface area contributed by atoms with Gasteiger partial charge in [0.2, 0.25) is 0 Å². The number of aliphatic hydroxyl groups is 3. The summed E-state index contributed by atoms with van der Waals surface area (Å²) in [6, 6.07) is 19.4. The maximum absolute atomic E-state index is 11.2. The van der Waals surface area contributed by atoms with Crippen molar-refractivity contribution in [2.75, 3.05) is 39.4 Å². The third-order valence-electron chi connectivity index (χ3n) is 7.62. The van der Waals surface area contributed by atoms with Gasteiger partial charge in [0, 0.05) is 30.1 Å². The molecule has 2 heterocycles. The topological polar surface area (TPSA) is 127 Å². The van der Waals surface area contributed by atoms with Crippen LogP contribution in [0.4, 0.5) is 0 Å². The molecule has 4 rings (SSSR count). The summed E-state index contributed by atoms with van der Waals surface area (Å²) < 4.78 is 23.8. The first-order valence-corrected chi connectivity index (χ1v) is 14.1. The number of rotatable bonds is 13. The molecule has 2 aromatic carbocycles. The molecule has 0 radical (unpaired) electrons. The van der Waals surface area contributed by atoms with Crippen molar-refractivity contribution >= 4 is 0 Å². The average Bonchev–Trinajstić information content (AvgIpc) is 3.00. The Bertz CT molecular complexity index is 879. The van der Waals surface area contributed by atoms with Gasteiger partial charge in [0.25, 0.3) is 0 Å². The van der Waals surface area contributed by atoms with Crippen molar-refractivity contribution in [1.82, 2.24) is 4.90 Å². The first kappa shape index (κ1) is 30.0. The van der Waals surface area contributed by atoms with Gasteiger partial charge in [-0.15, -0.1) is 0 Å². The zero-order chi connectivity index (χ0) is 27.6. The molecule has 0 bridgehead atoms. The monoisotopic (exact) mass is 544 g/mol. The Hall–Kier alpha value is -1.92. The van der Waals surface area contributed by atoms with Gasteiger partial charge in [0.05, 0.1) is 37.6 Å². The normalized spacial score (nSPS) is 27.1. The summed E-state index contributed by atoms with van der Waals surface area (Å²) >= 11 is 0. The van der Waals surface area contributed by atoms with E-state index in [1.165, 1.54) is 0 Å². The molecule has 0 saturated carbocycles. The highest BCUT2D eigenvalue weighted by molar-refractivity contribution is 5.17. The lowest BCUT2D eigenvalue weighted by atomic mass is 9.94. The van der Waals surface area contributed by atoms with E-state index in [1.54, 1.807) is 0 Å². The van der Waals surface area contributed by atoms with Crippen LogP contribution in [-0.4, -0.2) is 90.1 Å². The van der Waals surface area contributed by atoms with E-state index in [9.17, 15) is 15.3 Å². The van der Waals surface area contributed by atoms with Gasteiger partial charge in [-0.25, -0.2) is 0 Å². The van der Waals surface area contributed by atoms with E-state index in [-0.39, 0.29) is 18.6 Å². The molecule has 2 unspecified atom stereocenters. The molecule has 216 valence electrons. The molecule has 2 aliphatic heterocycles. The summed E-state index contributed by atoms with van der Waals surface area (Å²) in [4.78, 5) is 1.96. The number of hydrogen-bond donors (Lipinski definition) is 4. The van der Waals surface area contributed by atoms with E-state index in [1.807, 2.05) is 72.5 Å². The molecule has 9 nitrogen and oxygen atoms in total. The van der Waals surface area contributed by atoms with E-state index < -0.39 is 37.0 Å². The van der Waals surface area contributed by atoms with Crippen LogP contribution in [-0.2, 0) is 18.9 Å². The van der Waals surface area contributed by atoms with Crippen LogP contribution in [0.3, 0.4) is 0 Å². The van der Waals surface area contributed by atoms with E-state index in [4.69, 9.17) is 24.7 Å². The molecule has 2 aliphatic rings. The number of ether oxygens (including phenoxy) is 4. The van der Waals surface area contributed by atoms with Gasteiger partial charge in [0.15, 0.2) is 12.6 Å². The Morgan fingerprint density at radius 2 is 1.31 bits per heavy atom. The van der Waals surface area contributed by atoms with Crippen LogP contribution in [0, 0.1) is 5.92 Å². The van der Waals surface area contributed by atoms with Crippen molar-refractivity contribution in [1.29, 1.82) is 0 Å². The van der Waals surface area contributed by atoms with Crippen molar-refractivity contribution in [3.63, 3.8) is 0 Å². The standard InChI is InChI=1S/C30H44N2O7/c1-21(26-13-17-36-29(38-26)22-9-4-2-5-10-22)24(33)19-32(16-8-15-31)20-25(34)28(35)27-14-18-37-30(39-27)23-11-6-3-7-12-23/h2-7,9-12,21,24-30,33-35H,8,13-20,31H2,1H3/t21-,24+,25+,26-,27-,28-,29?,30?/m1/s1. The van der Waals surface area contributed by atoms with Crippen molar-refractivity contribution < 1.29 is 34.3 Å². The Labute approximate surface area is 231 Å². The Balaban J connectivity index is 1.32. The second kappa shape index (κ2) is 15.2. The first-order chi connectivity index (χ1) is 19.0. The van der Waals surface area contributed by atoms with Crippen molar-refractivity contribution in [2.24, 2.45) is 11.7 Å². The van der Waals surface area contributed by atoms with E-state index in [0.29, 0.717) is 52.1 Å². The Morgan fingerprint density at radius 3 is 1.87 bits per heavy atom. The summed E-state index contributed by atoms with van der Waals surface area (Å²) in [5.74, 6) is -0.159. The highest BCUT2D eigenvalue weighted by Gasteiger charge is 2.36. The summed E-state index contributed by atoms with van der Waals surface area (Å²) in [6.45, 7) is 4.55. The molecule has 0 aliphatic carbocycles. The SMILES string of the molecule is C[C@H]([C@@H](O)CN(CCCN)C[C@H](O)[C@@H](O)[C@H]1CCOC(c2ccccc2)O1)[C@H]1CCOC(c2ccccc2)O1. The Kier molecular flexibility index (Phi) is 11.7. The molecule has 39 heavy (non-hydrogen) atoms. The van der Waals surface area contributed by atoms with Crippen molar-refractivity contribution in [2.45, 2.75) is 69.3 Å². The highest BCUT2D eigenvalue weighted by Crippen LogP contribution is 2.31. The molecule has 2 saturated heterocycles. The number of aliphatic hydroxyl groups excluding tert-OH is 3. The lowest BCUT2D eigenvalue weighted by molar-refractivity contribution is -0.247. The molecular formula is C30H44N2O7. The largest absolute Gasteiger partial charge is 0.391 e. The third kappa shape index (κ3) is 8.53. The fourth-order valence-electron chi connectivity index (χ4n) is 5.19. The molecular weight excluding hydrogens is 500 g/mol. The van der Waals surface area contributed by atoms with Crippen molar-refractivity contribution in [3.05, 3.63) is 71.8 Å². The van der Waals surface area contributed by atoms with E-state index >= 15 is 0 Å². The van der Waals surface area contributed by atoms with Crippen LogP contribution in [0.15, 0.2) is 60.7 Å². The van der Waals surface area contributed by atoms with Gasteiger partial charge in [-0.2, -0.15) is 0 Å². The Morgan fingerprint density at radius 1 is 0.795 bits per heavy atom. The van der Waals surface area contributed by atoms with Crippen LogP contribution in [0.1, 0.15) is 49.9 Å².